The van der Waals surface area contributed by atoms with E-state index in [1.54, 1.807) is 35.5 Å². The van der Waals surface area contributed by atoms with Crippen molar-refractivity contribution in [1.29, 1.82) is 0 Å². The van der Waals surface area contributed by atoms with E-state index < -0.39 is 6.04 Å². The molecule has 1 atom stereocenters. The lowest BCUT2D eigenvalue weighted by Gasteiger charge is -2.40. The normalized spacial score (nSPS) is 16.4. The second-order valence-electron chi connectivity index (χ2n) is 7.72. The van der Waals surface area contributed by atoms with Crippen molar-refractivity contribution in [2.75, 3.05) is 39.9 Å². The molecule has 1 fully saturated rings. The molecule has 2 heterocycles. The van der Waals surface area contributed by atoms with Gasteiger partial charge in [-0.3, -0.25) is 14.4 Å². The number of hydrogen-bond donors (Lipinski definition) is 1. The Hall–Kier alpha value is -2.13. The Morgan fingerprint density at radius 3 is 2.73 bits per heavy atom. The molecule has 1 unspecified atom stereocenters. The van der Waals surface area contributed by atoms with Gasteiger partial charge in [0.25, 0.3) is 0 Å². The number of benzene rings is 1. The van der Waals surface area contributed by atoms with Gasteiger partial charge in [-0.25, -0.2) is 0 Å². The van der Waals surface area contributed by atoms with Gasteiger partial charge in [-0.15, -0.1) is 11.3 Å². The van der Waals surface area contributed by atoms with Crippen molar-refractivity contribution >= 4 is 52.3 Å². The lowest BCUT2D eigenvalue weighted by molar-refractivity contribution is -0.157. The highest BCUT2D eigenvalue weighted by molar-refractivity contribution is 7.09. The second kappa shape index (κ2) is 12.4. The summed E-state index contributed by atoms with van der Waals surface area (Å²) in [6, 6.07) is 8.32. The van der Waals surface area contributed by atoms with E-state index in [1.165, 1.54) is 4.90 Å². The van der Waals surface area contributed by atoms with Gasteiger partial charge in [0.05, 0.1) is 19.6 Å². The van der Waals surface area contributed by atoms with Gasteiger partial charge in [0.2, 0.25) is 17.7 Å². The number of carbonyl (C=O) groups is 3. The summed E-state index contributed by atoms with van der Waals surface area (Å²) < 4.78 is 4.96. The lowest BCUT2D eigenvalue weighted by atomic mass is 10.0. The number of nitrogens with zero attached hydrogens (tertiary/aromatic N) is 2. The zero-order valence-corrected chi connectivity index (χ0v) is 20.7. The van der Waals surface area contributed by atoms with Crippen LogP contribution in [0, 0.1) is 0 Å². The average Bonchev–Trinajstić information content (AvgIpc) is 3.29. The molecule has 0 saturated carbocycles. The summed E-state index contributed by atoms with van der Waals surface area (Å²) in [5.41, 5.74) is 0.843. The fraction of sp³-hybridized carbons (Fsp3) is 0.435. The van der Waals surface area contributed by atoms with Crippen LogP contribution in [0.1, 0.15) is 16.9 Å². The SMILES string of the molecule is COCCNC(=O)CC1C(=O)N(CCc2ccc(Cl)cc2Cl)CC(=O)N1CCc1cccs1. The van der Waals surface area contributed by atoms with Gasteiger partial charge < -0.3 is 19.9 Å². The van der Waals surface area contributed by atoms with E-state index in [9.17, 15) is 14.4 Å². The van der Waals surface area contributed by atoms with Gasteiger partial charge in [-0.1, -0.05) is 35.3 Å². The molecule has 1 aliphatic heterocycles. The van der Waals surface area contributed by atoms with E-state index in [0.717, 1.165) is 10.4 Å². The number of methoxy groups -OCH3 is 1. The zero-order chi connectivity index (χ0) is 23.8. The van der Waals surface area contributed by atoms with E-state index in [4.69, 9.17) is 27.9 Å². The molecule has 0 radical (unpaired) electrons. The van der Waals surface area contributed by atoms with Crippen molar-refractivity contribution in [3.05, 3.63) is 56.2 Å². The number of nitrogens with one attached hydrogen (secondary N) is 1. The van der Waals surface area contributed by atoms with E-state index in [1.807, 2.05) is 23.6 Å². The van der Waals surface area contributed by atoms with Gasteiger partial charge in [-0.05, 0) is 42.0 Å². The first-order valence-corrected chi connectivity index (χ1v) is 12.3. The predicted molar refractivity (Wildman–Crippen MR) is 130 cm³/mol. The van der Waals surface area contributed by atoms with Crippen LogP contribution < -0.4 is 5.32 Å². The number of rotatable bonds is 11. The molecule has 7 nitrogen and oxygen atoms in total. The number of ether oxygens (including phenoxy) is 1. The average molecular weight is 512 g/mol. The van der Waals surface area contributed by atoms with E-state index in [0.29, 0.717) is 49.1 Å². The lowest BCUT2D eigenvalue weighted by Crippen LogP contribution is -2.61. The molecule has 178 valence electrons. The minimum absolute atomic E-state index is 0.0176. The molecule has 10 heteroatoms. The van der Waals surface area contributed by atoms with Crippen molar-refractivity contribution in [3.63, 3.8) is 0 Å². The molecular weight excluding hydrogens is 485 g/mol. The van der Waals surface area contributed by atoms with Crippen LogP contribution in [0.25, 0.3) is 0 Å². The van der Waals surface area contributed by atoms with Crippen molar-refractivity contribution in [1.82, 2.24) is 15.1 Å². The van der Waals surface area contributed by atoms with Crippen LogP contribution in [0.15, 0.2) is 35.7 Å². The molecule has 33 heavy (non-hydrogen) atoms. The van der Waals surface area contributed by atoms with Crippen LogP contribution in [0.5, 0.6) is 0 Å². The van der Waals surface area contributed by atoms with Crippen molar-refractivity contribution < 1.29 is 19.1 Å². The van der Waals surface area contributed by atoms with Crippen molar-refractivity contribution in [3.8, 4) is 0 Å². The van der Waals surface area contributed by atoms with Gasteiger partial charge in [0, 0.05) is 41.7 Å². The number of halogens is 2. The van der Waals surface area contributed by atoms with Crippen molar-refractivity contribution in [2.45, 2.75) is 25.3 Å². The molecular formula is C23H27Cl2N3O4S. The molecule has 0 bridgehead atoms. The van der Waals surface area contributed by atoms with Crippen LogP contribution >= 0.6 is 34.5 Å². The summed E-state index contributed by atoms with van der Waals surface area (Å²) in [7, 11) is 1.55. The topological polar surface area (TPSA) is 79.0 Å². The van der Waals surface area contributed by atoms with Crippen LogP contribution in [-0.2, 0) is 32.0 Å². The standard InChI is InChI=1S/C23H27Cl2N3O4S/c1-32-11-8-26-21(29)14-20-23(31)27(9-6-16-4-5-17(24)13-19(16)25)15-22(30)28(20)10-7-18-3-2-12-33-18/h2-5,12-13,20H,6-11,14-15H2,1H3,(H,26,29). The minimum Gasteiger partial charge on any atom is -0.383 e. The fourth-order valence-corrected chi connectivity index (χ4v) is 4.92. The van der Waals surface area contributed by atoms with Gasteiger partial charge >= 0.3 is 0 Å². The Kier molecular flexibility index (Phi) is 9.55. The highest BCUT2D eigenvalue weighted by Crippen LogP contribution is 2.23. The van der Waals surface area contributed by atoms with E-state index in [-0.39, 0.29) is 30.7 Å². The Bertz CT molecular complexity index is 971. The Morgan fingerprint density at radius 2 is 2.03 bits per heavy atom. The summed E-state index contributed by atoms with van der Waals surface area (Å²) in [5.74, 6) is -0.683. The van der Waals surface area contributed by atoms with Crippen molar-refractivity contribution in [2.24, 2.45) is 0 Å². The maximum atomic E-state index is 13.3. The number of amides is 3. The predicted octanol–water partition coefficient (Wildman–Crippen LogP) is 3.03. The monoisotopic (exact) mass is 511 g/mol. The summed E-state index contributed by atoms with van der Waals surface area (Å²) in [5, 5.41) is 5.77. The minimum atomic E-state index is -0.838. The van der Waals surface area contributed by atoms with Gasteiger partial charge in [0.15, 0.2) is 0 Å². The number of hydrogen-bond acceptors (Lipinski definition) is 5. The first-order chi connectivity index (χ1) is 15.9. The smallest absolute Gasteiger partial charge is 0.246 e. The molecule has 0 spiro atoms. The fourth-order valence-electron chi connectivity index (χ4n) is 3.72. The molecule has 1 saturated heterocycles. The summed E-state index contributed by atoms with van der Waals surface area (Å²) in [6.45, 7) is 1.41. The Morgan fingerprint density at radius 1 is 1.21 bits per heavy atom. The van der Waals surface area contributed by atoms with Crippen LogP contribution in [0.4, 0.5) is 0 Å². The van der Waals surface area contributed by atoms with E-state index >= 15 is 0 Å². The molecule has 3 amide bonds. The molecule has 1 aromatic carbocycles. The van der Waals surface area contributed by atoms with Gasteiger partial charge in [0.1, 0.15) is 6.04 Å². The van der Waals surface area contributed by atoms with Crippen LogP contribution in [0.2, 0.25) is 10.0 Å². The summed E-state index contributed by atoms with van der Waals surface area (Å²) in [4.78, 5) is 43.0. The molecule has 0 aliphatic carbocycles. The molecule has 1 aromatic heterocycles. The first kappa shape index (κ1) is 25.5. The van der Waals surface area contributed by atoms with E-state index in [2.05, 4.69) is 5.32 Å². The third-order valence-electron chi connectivity index (χ3n) is 5.47. The number of carbonyl (C=O) groups excluding carboxylic acids is 3. The second-order valence-corrected chi connectivity index (χ2v) is 9.60. The largest absolute Gasteiger partial charge is 0.383 e. The van der Waals surface area contributed by atoms with Crippen LogP contribution in [-0.4, -0.2) is 73.5 Å². The van der Waals surface area contributed by atoms with Gasteiger partial charge in [-0.2, -0.15) is 0 Å². The Balaban J connectivity index is 1.70. The summed E-state index contributed by atoms with van der Waals surface area (Å²) in [6.07, 6.45) is 1.03. The molecule has 3 rings (SSSR count). The maximum absolute atomic E-state index is 13.3. The van der Waals surface area contributed by atoms with Crippen LogP contribution in [0.3, 0.4) is 0 Å². The quantitative estimate of drug-likeness (QED) is 0.470. The highest BCUT2D eigenvalue weighted by atomic mass is 35.5. The zero-order valence-electron chi connectivity index (χ0n) is 18.4. The molecule has 1 aliphatic rings. The maximum Gasteiger partial charge on any atom is 0.246 e. The highest BCUT2D eigenvalue weighted by Gasteiger charge is 2.40. The molecule has 2 aromatic rings. The Labute approximate surface area is 207 Å². The third kappa shape index (κ3) is 7.17. The number of thiophene rings is 1. The molecule has 1 N–H and O–H groups in total. The third-order valence-corrected chi connectivity index (χ3v) is 7.00. The number of piperazine rings is 1. The summed E-state index contributed by atoms with van der Waals surface area (Å²) >= 11 is 13.8. The first-order valence-electron chi connectivity index (χ1n) is 10.7.